The SMILES string of the molecule is CCOC(=O)c1csc(-c2ccc(C(C)(C)C)cc2)n1.CCOC(=O)c1csc(-c2ccc(C(C)C)cc2)n1.CCOC(=O)c1csc(-c2ccc(C)cc2)n1.CCOC(=O)c1csc(-c2ccc(OCc3ccccc3)cc2)n1. The highest BCUT2D eigenvalue weighted by Gasteiger charge is 2.18. The highest BCUT2D eigenvalue weighted by Crippen LogP contribution is 2.30. The molecule has 0 unspecified atom stereocenters. The quantitative estimate of drug-likeness (QED) is 0.0663. The number of ether oxygens (including phenoxy) is 5. The minimum Gasteiger partial charge on any atom is -0.489 e. The van der Waals surface area contributed by atoms with Crippen molar-refractivity contribution in [2.45, 2.75) is 87.2 Å². The number of aromatic nitrogens is 4. The fourth-order valence-electron chi connectivity index (χ4n) is 7.07. The Morgan fingerprint density at radius 2 is 0.775 bits per heavy atom. The number of carbonyl (C=O) groups excluding carboxylic acids is 4. The lowest BCUT2D eigenvalue weighted by atomic mass is 9.87. The molecule has 0 atom stereocenters. The third-order valence-electron chi connectivity index (χ3n) is 11.4. The van der Waals surface area contributed by atoms with E-state index in [0.717, 1.165) is 53.6 Å². The predicted octanol–water partition coefficient (Wildman–Crippen LogP) is 16.3. The Kier molecular flexibility index (Phi) is 23.5. The molecule has 4 aromatic heterocycles. The van der Waals surface area contributed by atoms with Crippen LogP contribution in [0.4, 0.5) is 0 Å². The number of thiazole rings is 4. The summed E-state index contributed by atoms with van der Waals surface area (Å²) in [5, 5.41) is 10.2. The molecule has 0 saturated carbocycles. The van der Waals surface area contributed by atoms with Crippen LogP contribution in [0.5, 0.6) is 5.75 Å². The highest BCUT2D eigenvalue weighted by atomic mass is 32.1. The summed E-state index contributed by atoms with van der Waals surface area (Å²) in [4.78, 5) is 63.5. The summed E-state index contributed by atoms with van der Waals surface area (Å²) in [7, 11) is 0. The van der Waals surface area contributed by atoms with Gasteiger partial charge in [0.2, 0.25) is 0 Å². The molecule has 0 bridgehead atoms. The molecule has 17 heteroatoms. The van der Waals surface area contributed by atoms with Gasteiger partial charge in [-0.1, -0.05) is 143 Å². The number of aryl methyl sites for hydroxylation is 1. The van der Waals surface area contributed by atoms with E-state index in [9.17, 15) is 19.2 Å². The Morgan fingerprint density at radius 1 is 0.450 bits per heavy atom. The van der Waals surface area contributed by atoms with E-state index in [1.54, 1.807) is 49.2 Å². The molecule has 0 aliphatic rings. The van der Waals surface area contributed by atoms with Crippen LogP contribution >= 0.6 is 45.3 Å². The second kappa shape index (κ2) is 30.6. The minimum atomic E-state index is -0.386. The van der Waals surface area contributed by atoms with E-state index in [4.69, 9.17) is 23.7 Å². The maximum Gasteiger partial charge on any atom is 0.357 e. The molecule has 80 heavy (non-hydrogen) atoms. The van der Waals surface area contributed by atoms with Gasteiger partial charge in [0.1, 0.15) is 32.4 Å². The van der Waals surface area contributed by atoms with Gasteiger partial charge in [-0.2, -0.15) is 0 Å². The fraction of sp³-hybridized carbons (Fsp3) is 0.270. The third-order valence-corrected chi connectivity index (χ3v) is 15.0. The first kappa shape index (κ1) is 61.5. The van der Waals surface area contributed by atoms with E-state index >= 15 is 0 Å². The number of hydrogen-bond acceptors (Lipinski definition) is 17. The van der Waals surface area contributed by atoms with Crippen LogP contribution in [0.25, 0.3) is 42.3 Å². The van der Waals surface area contributed by atoms with E-state index in [-0.39, 0.29) is 29.3 Å². The summed E-state index contributed by atoms with van der Waals surface area (Å²) in [5.74, 6) is -0.153. The maximum atomic E-state index is 11.7. The van der Waals surface area contributed by atoms with Gasteiger partial charge in [-0.3, -0.25) is 0 Å². The Balaban J connectivity index is 0.000000173. The number of carbonyl (C=O) groups is 4. The Labute approximate surface area is 484 Å². The molecule has 5 aromatic carbocycles. The lowest BCUT2D eigenvalue weighted by Gasteiger charge is -2.18. The van der Waals surface area contributed by atoms with Crippen LogP contribution in [-0.2, 0) is 31.0 Å². The summed E-state index contributed by atoms with van der Waals surface area (Å²) in [6.45, 7) is 22.0. The Morgan fingerprint density at radius 3 is 1.10 bits per heavy atom. The molecule has 0 fully saturated rings. The van der Waals surface area contributed by atoms with Gasteiger partial charge >= 0.3 is 23.9 Å². The smallest absolute Gasteiger partial charge is 0.357 e. The molecule has 13 nitrogen and oxygen atoms in total. The van der Waals surface area contributed by atoms with Crippen LogP contribution in [-0.4, -0.2) is 70.2 Å². The van der Waals surface area contributed by atoms with Crippen molar-refractivity contribution in [1.29, 1.82) is 0 Å². The van der Waals surface area contributed by atoms with Gasteiger partial charge in [0.15, 0.2) is 22.8 Å². The van der Waals surface area contributed by atoms with Crippen LogP contribution in [0, 0.1) is 6.92 Å². The fourth-order valence-corrected chi connectivity index (χ4v) is 10.3. The van der Waals surface area contributed by atoms with Gasteiger partial charge in [-0.15, -0.1) is 45.3 Å². The van der Waals surface area contributed by atoms with E-state index in [1.807, 2.05) is 110 Å². The van der Waals surface area contributed by atoms with Crippen molar-refractivity contribution < 1.29 is 42.9 Å². The predicted molar refractivity (Wildman–Crippen MR) is 322 cm³/mol. The first-order chi connectivity index (χ1) is 38.5. The van der Waals surface area contributed by atoms with Crippen molar-refractivity contribution in [3.05, 3.63) is 194 Å². The molecular weight excluding hydrogens is 1080 g/mol. The van der Waals surface area contributed by atoms with Crippen molar-refractivity contribution in [3.63, 3.8) is 0 Å². The van der Waals surface area contributed by atoms with Crippen LogP contribution < -0.4 is 4.74 Å². The Hall–Kier alpha value is -7.70. The lowest BCUT2D eigenvalue weighted by Crippen LogP contribution is -2.10. The number of rotatable bonds is 16. The van der Waals surface area contributed by atoms with Crippen LogP contribution in [0.3, 0.4) is 0 Å². The van der Waals surface area contributed by atoms with Gasteiger partial charge in [-0.05, 0) is 86.9 Å². The number of nitrogens with zero attached hydrogens (tertiary/aromatic N) is 4. The van der Waals surface area contributed by atoms with E-state index < -0.39 is 0 Å². The average Bonchev–Trinajstić information content (AvgIpc) is 4.35. The summed E-state index contributed by atoms with van der Waals surface area (Å²) in [6, 6.07) is 42.4. The molecule has 9 aromatic rings. The number of benzene rings is 5. The maximum absolute atomic E-state index is 11.7. The van der Waals surface area contributed by atoms with Crippen LogP contribution in [0.2, 0.25) is 0 Å². The summed E-state index contributed by atoms with van der Waals surface area (Å²) in [5.41, 5.74) is 10.6. The van der Waals surface area contributed by atoms with E-state index in [2.05, 4.69) is 78.8 Å². The van der Waals surface area contributed by atoms with Crippen molar-refractivity contribution >= 4 is 69.2 Å². The first-order valence-corrected chi connectivity index (χ1v) is 29.6. The number of esters is 4. The Bertz CT molecular complexity index is 3360. The number of hydrogen-bond donors (Lipinski definition) is 0. The van der Waals surface area contributed by atoms with Gasteiger partial charge < -0.3 is 23.7 Å². The molecule has 4 heterocycles. The largest absolute Gasteiger partial charge is 0.489 e. The zero-order chi connectivity index (χ0) is 57.6. The van der Waals surface area contributed by atoms with E-state index in [0.29, 0.717) is 61.7 Å². The highest BCUT2D eigenvalue weighted by molar-refractivity contribution is 7.14. The average molecular weight is 1150 g/mol. The van der Waals surface area contributed by atoms with Gasteiger partial charge in [0, 0.05) is 43.8 Å². The topological polar surface area (TPSA) is 166 Å². The van der Waals surface area contributed by atoms with Crippen LogP contribution in [0.15, 0.2) is 149 Å². The van der Waals surface area contributed by atoms with Crippen molar-refractivity contribution in [2.75, 3.05) is 26.4 Å². The van der Waals surface area contributed by atoms with Crippen molar-refractivity contribution in [1.82, 2.24) is 19.9 Å². The van der Waals surface area contributed by atoms with E-state index in [1.165, 1.54) is 62.0 Å². The zero-order valence-corrected chi connectivity index (χ0v) is 49.9. The molecule has 0 N–H and O–H groups in total. The first-order valence-electron chi connectivity index (χ1n) is 26.1. The normalized spacial score (nSPS) is 10.7. The second-order valence-electron chi connectivity index (χ2n) is 18.8. The minimum absolute atomic E-state index is 0.136. The monoisotopic (exact) mass is 1150 g/mol. The van der Waals surface area contributed by atoms with Crippen molar-refractivity contribution in [2.24, 2.45) is 0 Å². The molecule has 0 saturated heterocycles. The molecule has 0 spiro atoms. The molecule has 0 radical (unpaired) electrons. The van der Waals surface area contributed by atoms with Crippen LogP contribution in [0.1, 0.15) is 132 Å². The summed E-state index contributed by atoms with van der Waals surface area (Å²) in [6.07, 6.45) is 0. The molecule has 0 aliphatic heterocycles. The molecular formula is C63H66N4O9S4. The summed E-state index contributed by atoms with van der Waals surface area (Å²) >= 11 is 5.79. The molecule has 0 amide bonds. The third kappa shape index (κ3) is 18.4. The molecule has 9 rings (SSSR count). The van der Waals surface area contributed by atoms with Gasteiger partial charge in [0.25, 0.3) is 0 Å². The summed E-state index contributed by atoms with van der Waals surface area (Å²) < 4.78 is 25.5. The second-order valence-corrected chi connectivity index (χ2v) is 22.2. The van der Waals surface area contributed by atoms with Gasteiger partial charge in [0.05, 0.1) is 26.4 Å². The molecule has 0 aliphatic carbocycles. The lowest BCUT2D eigenvalue weighted by molar-refractivity contribution is 0.0511. The molecule has 416 valence electrons. The standard InChI is InChI=1S/C19H17NO3S.C16H19NO2S.C15H17NO2S.C13H13NO2S/c1-2-22-19(21)17-13-24-18(20-17)15-8-10-16(11-9-15)23-12-14-6-4-3-5-7-14;1-5-19-15(18)13-10-20-14(17-13)11-6-8-12(9-7-11)16(2,3)4;1-4-18-15(17)13-9-19-14(16-13)12-7-5-11(6-8-12)10(2)3;1-3-16-13(15)11-8-17-12(14-11)10-6-4-9(2)5-7-10/h3-11,13H,2,12H2,1H3;6-10H,5H2,1-4H3;5-10H,4H2,1-3H3;4-8H,3H2,1-2H3. The zero-order valence-electron chi connectivity index (χ0n) is 46.6. The van der Waals surface area contributed by atoms with Crippen molar-refractivity contribution in [3.8, 4) is 48.0 Å². The van der Waals surface area contributed by atoms with Gasteiger partial charge in [-0.25, -0.2) is 39.1 Å².